The standard InChI is InChI=1S/C30H25FN2O6/c1-19(20-6-3-2-4-7-20)32-30(36)28-13-11-24(39-28)16-33-25-14-21(10-12-27(25)38-18-29(33)35)26(34)17-37-23-9-5-8-22(31)15-23/h2-15,19H,16-18H2,1H3,(H,32,36)/t19-/m1/s1. The van der Waals surface area contributed by atoms with E-state index in [1.807, 2.05) is 37.3 Å². The minimum Gasteiger partial charge on any atom is -0.485 e. The molecule has 0 aliphatic carbocycles. The number of ether oxygens (including phenoxy) is 2. The number of benzene rings is 3. The molecular formula is C30H25FN2O6. The summed E-state index contributed by atoms with van der Waals surface area (Å²) >= 11 is 0. The molecule has 1 aliphatic rings. The van der Waals surface area contributed by atoms with E-state index in [2.05, 4.69) is 5.32 Å². The van der Waals surface area contributed by atoms with Crippen LogP contribution in [0.2, 0.25) is 0 Å². The number of nitrogens with zero attached hydrogens (tertiary/aromatic N) is 1. The maximum absolute atomic E-state index is 13.4. The van der Waals surface area contributed by atoms with Gasteiger partial charge < -0.3 is 19.2 Å². The second kappa shape index (κ2) is 11.2. The lowest BCUT2D eigenvalue weighted by Crippen LogP contribution is -2.38. The van der Waals surface area contributed by atoms with Crippen molar-refractivity contribution < 1.29 is 32.7 Å². The van der Waals surface area contributed by atoms with E-state index in [9.17, 15) is 18.8 Å². The largest absolute Gasteiger partial charge is 0.485 e. The number of halogens is 1. The fraction of sp³-hybridized carbons (Fsp3) is 0.167. The van der Waals surface area contributed by atoms with E-state index in [1.54, 1.807) is 36.4 Å². The number of fused-ring (bicyclic) bond motifs is 1. The molecule has 0 unspecified atom stereocenters. The first-order chi connectivity index (χ1) is 18.9. The Kier molecular flexibility index (Phi) is 7.40. The van der Waals surface area contributed by atoms with Crippen LogP contribution in [-0.4, -0.2) is 30.8 Å². The molecule has 1 N–H and O–H groups in total. The third kappa shape index (κ3) is 5.98. The molecule has 5 rings (SSSR count). The molecular weight excluding hydrogens is 503 g/mol. The number of Topliss-reactive ketones (excluding diaryl/α,β-unsaturated/α-hetero) is 1. The normalized spacial score (nSPS) is 13.3. The zero-order valence-corrected chi connectivity index (χ0v) is 21.1. The van der Waals surface area contributed by atoms with Crippen LogP contribution in [0, 0.1) is 5.82 Å². The summed E-state index contributed by atoms with van der Waals surface area (Å²) < 4.78 is 30.1. The molecule has 2 heterocycles. The fourth-order valence-corrected chi connectivity index (χ4v) is 4.17. The van der Waals surface area contributed by atoms with Gasteiger partial charge in [-0.25, -0.2) is 4.39 Å². The van der Waals surface area contributed by atoms with Crippen LogP contribution in [-0.2, 0) is 11.3 Å². The number of anilines is 1. The number of hydrogen-bond donors (Lipinski definition) is 1. The predicted octanol–water partition coefficient (Wildman–Crippen LogP) is 5.10. The van der Waals surface area contributed by atoms with Crippen LogP contribution in [0.5, 0.6) is 11.5 Å². The van der Waals surface area contributed by atoms with Gasteiger partial charge in [-0.1, -0.05) is 36.4 Å². The smallest absolute Gasteiger partial charge is 0.287 e. The first-order valence-corrected chi connectivity index (χ1v) is 12.3. The zero-order chi connectivity index (χ0) is 27.4. The second-order valence-electron chi connectivity index (χ2n) is 8.99. The third-order valence-corrected chi connectivity index (χ3v) is 6.24. The Labute approximate surface area is 223 Å². The van der Waals surface area contributed by atoms with Crippen molar-refractivity contribution in [1.29, 1.82) is 0 Å². The second-order valence-corrected chi connectivity index (χ2v) is 8.99. The topological polar surface area (TPSA) is 98.1 Å². The average Bonchev–Trinajstić information content (AvgIpc) is 3.42. The number of rotatable bonds is 9. The molecule has 39 heavy (non-hydrogen) atoms. The lowest BCUT2D eigenvalue weighted by molar-refractivity contribution is -0.121. The van der Waals surface area contributed by atoms with Crippen LogP contribution in [0.15, 0.2) is 89.3 Å². The molecule has 0 radical (unpaired) electrons. The molecule has 9 heteroatoms. The highest BCUT2D eigenvalue weighted by Crippen LogP contribution is 2.34. The van der Waals surface area contributed by atoms with E-state index in [-0.39, 0.29) is 54.9 Å². The molecule has 0 fully saturated rings. The van der Waals surface area contributed by atoms with Crippen LogP contribution >= 0.6 is 0 Å². The molecule has 1 aliphatic heterocycles. The Bertz CT molecular complexity index is 1520. The number of ketones is 1. The van der Waals surface area contributed by atoms with E-state index in [1.165, 1.54) is 23.1 Å². The first kappa shape index (κ1) is 25.7. The molecule has 1 atom stereocenters. The van der Waals surface area contributed by atoms with Gasteiger partial charge in [-0.05, 0) is 55.0 Å². The summed E-state index contributed by atoms with van der Waals surface area (Å²) in [4.78, 5) is 39.7. The van der Waals surface area contributed by atoms with Gasteiger partial charge in [0.15, 0.2) is 24.8 Å². The van der Waals surface area contributed by atoms with Crippen LogP contribution in [0.1, 0.15) is 45.2 Å². The van der Waals surface area contributed by atoms with Gasteiger partial charge >= 0.3 is 0 Å². The summed E-state index contributed by atoms with van der Waals surface area (Å²) in [7, 11) is 0. The number of carbonyl (C=O) groups is 3. The molecule has 0 bridgehead atoms. The Balaban J connectivity index is 1.28. The van der Waals surface area contributed by atoms with Crippen LogP contribution < -0.4 is 19.7 Å². The van der Waals surface area contributed by atoms with Gasteiger partial charge in [-0.2, -0.15) is 0 Å². The predicted molar refractivity (Wildman–Crippen MR) is 140 cm³/mol. The molecule has 0 spiro atoms. The van der Waals surface area contributed by atoms with Crippen molar-refractivity contribution in [1.82, 2.24) is 5.32 Å². The van der Waals surface area contributed by atoms with E-state index in [4.69, 9.17) is 13.9 Å². The van der Waals surface area contributed by atoms with Crippen LogP contribution in [0.4, 0.5) is 10.1 Å². The summed E-state index contributed by atoms with van der Waals surface area (Å²) in [5.74, 6) is -0.364. The van der Waals surface area contributed by atoms with Gasteiger partial charge in [-0.15, -0.1) is 0 Å². The fourth-order valence-electron chi connectivity index (χ4n) is 4.17. The monoisotopic (exact) mass is 528 g/mol. The first-order valence-electron chi connectivity index (χ1n) is 12.3. The minimum atomic E-state index is -0.468. The number of hydrogen-bond acceptors (Lipinski definition) is 6. The highest BCUT2D eigenvalue weighted by atomic mass is 19.1. The van der Waals surface area contributed by atoms with Crippen molar-refractivity contribution in [2.75, 3.05) is 18.1 Å². The Hall–Kier alpha value is -4.92. The van der Waals surface area contributed by atoms with Crippen LogP contribution in [0.3, 0.4) is 0 Å². The lowest BCUT2D eigenvalue weighted by Gasteiger charge is -2.29. The van der Waals surface area contributed by atoms with E-state index in [0.717, 1.165) is 5.56 Å². The molecule has 1 aromatic heterocycles. The average molecular weight is 529 g/mol. The van der Waals surface area contributed by atoms with E-state index in [0.29, 0.717) is 22.8 Å². The van der Waals surface area contributed by atoms with Crippen molar-refractivity contribution in [3.8, 4) is 11.5 Å². The summed E-state index contributed by atoms with van der Waals surface area (Å²) in [6, 6.07) is 22.8. The third-order valence-electron chi connectivity index (χ3n) is 6.24. The van der Waals surface area contributed by atoms with Gasteiger partial charge in [0.25, 0.3) is 11.8 Å². The van der Waals surface area contributed by atoms with Gasteiger partial charge in [0, 0.05) is 11.6 Å². The molecule has 2 amide bonds. The molecule has 3 aromatic carbocycles. The number of carbonyl (C=O) groups excluding carboxylic acids is 3. The van der Waals surface area contributed by atoms with Crippen molar-refractivity contribution >= 4 is 23.3 Å². The van der Waals surface area contributed by atoms with Crippen molar-refractivity contribution in [2.45, 2.75) is 19.5 Å². The maximum Gasteiger partial charge on any atom is 0.287 e. The highest BCUT2D eigenvalue weighted by molar-refractivity contribution is 6.02. The van der Waals surface area contributed by atoms with Gasteiger partial charge in [0.05, 0.1) is 18.3 Å². The van der Waals surface area contributed by atoms with E-state index >= 15 is 0 Å². The lowest BCUT2D eigenvalue weighted by atomic mass is 10.1. The molecule has 0 saturated heterocycles. The van der Waals surface area contributed by atoms with Crippen molar-refractivity contribution in [3.63, 3.8) is 0 Å². The minimum absolute atomic E-state index is 0.0359. The summed E-state index contributed by atoms with van der Waals surface area (Å²) in [6.45, 7) is 1.43. The number of nitrogens with one attached hydrogen (secondary N) is 1. The zero-order valence-electron chi connectivity index (χ0n) is 21.1. The Morgan fingerprint density at radius 2 is 1.85 bits per heavy atom. The summed E-state index contributed by atoms with van der Waals surface area (Å²) in [5, 5.41) is 2.90. The Morgan fingerprint density at radius 1 is 1.03 bits per heavy atom. The summed E-state index contributed by atoms with van der Waals surface area (Å²) in [5.41, 5.74) is 1.64. The summed E-state index contributed by atoms with van der Waals surface area (Å²) in [6.07, 6.45) is 0. The molecule has 4 aromatic rings. The number of furan rings is 1. The SMILES string of the molecule is C[C@@H](NC(=O)c1ccc(CN2C(=O)COc3ccc(C(=O)COc4cccc(F)c4)cc32)o1)c1ccccc1. The Morgan fingerprint density at radius 3 is 2.64 bits per heavy atom. The molecule has 0 saturated carbocycles. The van der Waals surface area contributed by atoms with E-state index < -0.39 is 5.82 Å². The quantitative estimate of drug-likeness (QED) is 0.304. The van der Waals surface area contributed by atoms with Gasteiger partial charge in [-0.3, -0.25) is 19.3 Å². The van der Waals surface area contributed by atoms with Crippen LogP contribution in [0.25, 0.3) is 0 Å². The van der Waals surface area contributed by atoms with Crippen molar-refractivity contribution in [2.24, 2.45) is 0 Å². The van der Waals surface area contributed by atoms with Crippen molar-refractivity contribution in [3.05, 3.63) is 113 Å². The van der Waals surface area contributed by atoms with Gasteiger partial charge in [0.2, 0.25) is 0 Å². The number of amides is 2. The molecule has 198 valence electrons. The highest BCUT2D eigenvalue weighted by Gasteiger charge is 2.28. The maximum atomic E-state index is 13.4. The van der Waals surface area contributed by atoms with Gasteiger partial charge in [0.1, 0.15) is 23.1 Å². The molecule has 8 nitrogen and oxygen atoms in total.